The summed E-state index contributed by atoms with van der Waals surface area (Å²) in [5.41, 5.74) is 0. The second kappa shape index (κ2) is 6.74. The van der Waals surface area contributed by atoms with Crippen molar-refractivity contribution in [2.24, 2.45) is 0 Å². The zero-order valence-electron chi connectivity index (χ0n) is 6.85. The summed E-state index contributed by atoms with van der Waals surface area (Å²) in [5, 5.41) is 4.71. The molecule has 0 rings (SSSR count). The summed E-state index contributed by atoms with van der Waals surface area (Å²) in [7, 11) is 0. The molecule has 74 valence electrons. The van der Waals surface area contributed by atoms with Gasteiger partial charge in [-0.2, -0.15) is 0 Å². The van der Waals surface area contributed by atoms with Gasteiger partial charge < -0.3 is 10.6 Å². The highest BCUT2D eigenvalue weighted by molar-refractivity contribution is 6.53. The molecule has 2 N–H and O–H groups in total. The second-order valence-electron chi connectivity index (χ2n) is 2.11. The lowest BCUT2D eigenvalue weighted by Crippen LogP contribution is -2.38. The van der Waals surface area contributed by atoms with E-state index in [1.54, 1.807) is 0 Å². The van der Waals surface area contributed by atoms with Crippen molar-refractivity contribution < 1.29 is 9.59 Å². The van der Waals surface area contributed by atoms with Crippen LogP contribution in [0.3, 0.4) is 0 Å². The lowest BCUT2D eigenvalue weighted by molar-refractivity contribution is -0.125. The largest absolute Gasteiger partial charge is 0.351 e. The van der Waals surface area contributed by atoms with E-state index in [1.807, 2.05) is 0 Å². The summed E-state index contributed by atoms with van der Waals surface area (Å²) < 4.78 is 0. The predicted octanol–water partition coefficient (Wildman–Crippen LogP) is 0.209. The molecule has 0 bridgehead atoms. The average Bonchev–Trinajstić information content (AvgIpc) is 2.10. The van der Waals surface area contributed by atoms with Gasteiger partial charge in [0, 0.05) is 6.54 Å². The molecule has 2 amide bonds. The van der Waals surface area contributed by atoms with E-state index in [9.17, 15) is 9.59 Å². The van der Waals surface area contributed by atoms with E-state index in [1.165, 1.54) is 6.08 Å². The van der Waals surface area contributed by atoms with E-state index < -0.39 is 10.7 Å². The van der Waals surface area contributed by atoms with Gasteiger partial charge in [0.05, 0.1) is 6.54 Å². The van der Waals surface area contributed by atoms with Crippen LogP contribution in [-0.4, -0.2) is 29.7 Å². The fourth-order valence-electron chi connectivity index (χ4n) is 0.493. The zero-order valence-corrected chi connectivity index (χ0v) is 8.36. The Labute approximate surface area is 86.3 Å². The first-order valence-electron chi connectivity index (χ1n) is 3.51. The van der Waals surface area contributed by atoms with Crippen LogP contribution in [0.1, 0.15) is 0 Å². The molecule has 0 radical (unpaired) electrons. The minimum absolute atomic E-state index is 0.136. The van der Waals surface area contributed by atoms with Gasteiger partial charge in [0.15, 0.2) is 4.84 Å². The molecule has 0 atom stereocenters. The van der Waals surface area contributed by atoms with E-state index in [0.29, 0.717) is 6.54 Å². The molecule has 0 unspecified atom stereocenters. The third-order valence-corrected chi connectivity index (χ3v) is 1.46. The Morgan fingerprint density at radius 3 is 2.46 bits per heavy atom. The standard InChI is InChI=1S/C7H10Cl2N2O2/c1-2-3-10-5(12)4-11-7(13)6(8)9/h2,6H,1,3-4H2,(H,10,12)(H,11,13). The van der Waals surface area contributed by atoms with Crippen LogP contribution in [-0.2, 0) is 9.59 Å². The number of alkyl halides is 2. The van der Waals surface area contributed by atoms with Crippen molar-refractivity contribution in [3.05, 3.63) is 12.7 Å². The molecular formula is C7H10Cl2N2O2. The Balaban J connectivity index is 3.57. The number of carbonyl (C=O) groups is 2. The fourth-order valence-corrected chi connectivity index (χ4v) is 0.647. The minimum atomic E-state index is -1.15. The van der Waals surface area contributed by atoms with Gasteiger partial charge in [-0.3, -0.25) is 9.59 Å². The van der Waals surface area contributed by atoms with Gasteiger partial charge in [0.2, 0.25) is 5.91 Å². The Morgan fingerprint density at radius 2 is 2.00 bits per heavy atom. The van der Waals surface area contributed by atoms with Crippen LogP contribution in [0.2, 0.25) is 0 Å². The molecule has 0 aromatic carbocycles. The predicted molar refractivity (Wildman–Crippen MR) is 51.7 cm³/mol. The minimum Gasteiger partial charge on any atom is -0.351 e. The number of hydrogen-bond donors (Lipinski definition) is 2. The molecule has 0 heterocycles. The first kappa shape index (κ1) is 12.3. The molecule has 4 nitrogen and oxygen atoms in total. The third kappa shape index (κ3) is 6.42. The van der Waals surface area contributed by atoms with Crippen molar-refractivity contribution in [1.29, 1.82) is 0 Å². The lowest BCUT2D eigenvalue weighted by atomic mass is 10.5. The Hall–Kier alpha value is -0.740. The number of halogens is 2. The van der Waals surface area contributed by atoms with Crippen LogP contribution in [0, 0.1) is 0 Å². The molecule has 0 fully saturated rings. The van der Waals surface area contributed by atoms with Crippen LogP contribution in [0.15, 0.2) is 12.7 Å². The van der Waals surface area contributed by atoms with Crippen molar-refractivity contribution >= 4 is 35.0 Å². The van der Waals surface area contributed by atoms with Crippen LogP contribution in [0.5, 0.6) is 0 Å². The summed E-state index contributed by atoms with van der Waals surface area (Å²) in [5.74, 6) is -0.903. The Kier molecular flexibility index (Phi) is 6.36. The van der Waals surface area contributed by atoms with Crippen LogP contribution < -0.4 is 10.6 Å². The molecule has 0 aliphatic carbocycles. The van der Waals surface area contributed by atoms with Gasteiger partial charge in [0.25, 0.3) is 5.91 Å². The zero-order chi connectivity index (χ0) is 10.3. The van der Waals surface area contributed by atoms with Crippen LogP contribution >= 0.6 is 23.2 Å². The van der Waals surface area contributed by atoms with Gasteiger partial charge in [-0.25, -0.2) is 0 Å². The number of hydrogen-bond acceptors (Lipinski definition) is 2. The monoisotopic (exact) mass is 224 g/mol. The third-order valence-electron chi connectivity index (χ3n) is 1.06. The highest BCUT2D eigenvalue weighted by Crippen LogP contribution is 1.99. The molecule has 6 heteroatoms. The molecule has 0 aromatic rings. The molecule has 0 spiro atoms. The van der Waals surface area contributed by atoms with Crippen molar-refractivity contribution in [3.8, 4) is 0 Å². The molecule has 0 saturated carbocycles. The quantitative estimate of drug-likeness (QED) is 0.519. The van der Waals surface area contributed by atoms with E-state index in [2.05, 4.69) is 17.2 Å². The van der Waals surface area contributed by atoms with E-state index >= 15 is 0 Å². The molecule has 0 saturated heterocycles. The van der Waals surface area contributed by atoms with Crippen molar-refractivity contribution in [2.45, 2.75) is 4.84 Å². The fraction of sp³-hybridized carbons (Fsp3) is 0.429. The molecule has 0 aliphatic rings. The van der Waals surface area contributed by atoms with Gasteiger partial charge in [-0.1, -0.05) is 29.3 Å². The van der Waals surface area contributed by atoms with Gasteiger partial charge in [-0.05, 0) is 0 Å². The first-order valence-corrected chi connectivity index (χ1v) is 4.38. The normalized spacial score (nSPS) is 9.46. The Morgan fingerprint density at radius 1 is 1.38 bits per heavy atom. The number of carbonyl (C=O) groups excluding carboxylic acids is 2. The SMILES string of the molecule is C=CCNC(=O)CNC(=O)C(Cl)Cl. The van der Waals surface area contributed by atoms with Gasteiger partial charge in [0.1, 0.15) is 0 Å². The lowest BCUT2D eigenvalue weighted by Gasteiger charge is -2.04. The van der Waals surface area contributed by atoms with E-state index in [0.717, 1.165) is 0 Å². The molecule has 0 aromatic heterocycles. The maximum absolute atomic E-state index is 10.9. The van der Waals surface area contributed by atoms with Crippen LogP contribution in [0.4, 0.5) is 0 Å². The topological polar surface area (TPSA) is 58.2 Å². The van der Waals surface area contributed by atoms with Gasteiger partial charge >= 0.3 is 0 Å². The second-order valence-corrected chi connectivity index (χ2v) is 3.21. The van der Waals surface area contributed by atoms with Crippen molar-refractivity contribution in [1.82, 2.24) is 10.6 Å². The number of nitrogens with one attached hydrogen (secondary N) is 2. The van der Waals surface area contributed by atoms with Crippen molar-refractivity contribution in [3.63, 3.8) is 0 Å². The molecule has 0 aliphatic heterocycles. The van der Waals surface area contributed by atoms with Crippen molar-refractivity contribution in [2.75, 3.05) is 13.1 Å². The van der Waals surface area contributed by atoms with Gasteiger partial charge in [-0.15, -0.1) is 6.58 Å². The summed E-state index contributed by atoms with van der Waals surface area (Å²) in [6, 6.07) is 0. The first-order chi connectivity index (χ1) is 6.07. The number of amides is 2. The molecule has 13 heavy (non-hydrogen) atoms. The van der Waals surface area contributed by atoms with Crippen LogP contribution in [0.25, 0.3) is 0 Å². The summed E-state index contributed by atoms with van der Waals surface area (Å²) in [4.78, 5) is 20.5. The maximum atomic E-state index is 10.9. The molecular weight excluding hydrogens is 215 g/mol. The van der Waals surface area contributed by atoms with E-state index in [4.69, 9.17) is 23.2 Å². The highest BCUT2D eigenvalue weighted by atomic mass is 35.5. The highest BCUT2D eigenvalue weighted by Gasteiger charge is 2.11. The smallest absolute Gasteiger partial charge is 0.253 e. The summed E-state index contributed by atoms with van der Waals surface area (Å²) in [6.45, 7) is 3.64. The average molecular weight is 225 g/mol. The van der Waals surface area contributed by atoms with E-state index in [-0.39, 0.29) is 12.5 Å². The Bertz CT molecular complexity index is 207. The summed E-state index contributed by atoms with van der Waals surface area (Å²) in [6.07, 6.45) is 1.53. The maximum Gasteiger partial charge on any atom is 0.253 e. The summed E-state index contributed by atoms with van der Waals surface area (Å²) >= 11 is 10.4. The number of rotatable bonds is 5.